The van der Waals surface area contributed by atoms with Crippen LogP contribution in [0.15, 0.2) is 30.6 Å². The smallest absolute Gasteiger partial charge is 0.260 e. The summed E-state index contributed by atoms with van der Waals surface area (Å²) in [6.07, 6.45) is 5.24. The van der Waals surface area contributed by atoms with E-state index < -0.39 is 0 Å². The average Bonchev–Trinajstić information content (AvgIpc) is 3.17. The lowest BCUT2D eigenvalue weighted by molar-refractivity contribution is -0.133. The summed E-state index contributed by atoms with van der Waals surface area (Å²) in [6, 6.07) is 7.06. The van der Waals surface area contributed by atoms with Crippen LogP contribution < -0.4 is 4.74 Å². The van der Waals surface area contributed by atoms with E-state index in [0.717, 1.165) is 25.2 Å². The Morgan fingerprint density at radius 2 is 2.12 bits per heavy atom. The molecule has 2 fully saturated rings. The molecule has 1 aromatic heterocycles. The minimum atomic E-state index is 0.0193. The molecule has 132 valence electrons. The first-order valence-electron chi connectivity index (χ1n) is 8.57. The van der Waals surface area contributed by atoms with Crippen LogP contribution in [0, 0.1) is 5.41 Å². The summed E-state index contributed by atoms with van der Waals surface area (Å²) < 4.78 is 7.60. The van der Waals surface area contributed by atoms with E-state index in [-0.39, 0.29) is 23.8 Å². The Labute approximate surface area is 151 Å². The molecule has 1 unspecified atom stereocenters. The summed E-state index contributed by atoms with van der Waals surface area (Å²) in [7, 11) is 1.97. The molecule has 0 bridgehead atoms. The minimum absolute atomic E-state index is 0.0193. The predicted octanol–water partition coefficient (Wildman–Crippen LogP) is 2.64. The summed E-state index contributed by atoms with van der Waals surface area (Å²) in [5.74, 6) is 1.91. The van der Waals surface area contributed by atoms with Gasteiger partial charge in [0, 0.05) is 31.1 Å². The van der Waals surface area contributed by atoms with Gasteiger partial charge in [-0.25, -0.2) is 0 Å². The molecule has 25 heavy (non-hydrogen) atoms. The molecule has 2 aliphatic rings. The molecule has 1 spiro atoms. The quantitative estimate of drug-likeness (QED) is 0.841. The van der Waals surface area contributed by atoms with Crippen molar-refractivity contribution in [3.8, 4) is 5.75 Å². The van der Waals surface area contributed by atoms with Gasteiger partial charge in [-0.1, -0.05) is 18.0 Å². The number of carbonyl (C=O) groups is 1. The zero-order chi connectivity index (χ0) is 17.4. The van der Waals surface area contributed by atoms with Gasteiger partial charge in [0.15, 0.2) is 6.61 Å². The van der Waals surface area contributed by atoms with E-state index in [1.165, 1.54) is 6.42 Å². The maximum Gasteiger partial charge on any atom is 0.260 e. The van der Waals surface area contributed by atoms with E-state index >= 15 is 0 Å². The summed E-state index contributed by atoms with van der Waals surface area (Å²) in [6.45, 7) is 1.52. The highest BCUT2D eigenvalue weighted by Crippen LogP contribution is 2.55. The molecule has 0 N–H and O–H groups in total. The van der Waals surface area contributed by atoms with Crippen LogP contribution in [0.3, 0.4) is 0 Å². The normalized spacial score (nSPS) is 21.4. The van der Waals surface area contributed by atoms with Crippen LogP contribution >= 0.6 is 11.6 Å². The molecule has 0 radical (unpaired) electrons. The van der Waals surface area contributed by atoms with Gasteiger partial charge in [-0.15, -0.1) is 10.2 Å². The molecular formula is C18H21ClN4O2. The third-order valence-electron chi connectivity index (χ3n) is 5.58. The van der Waals surface area contributed by atoms with Crippen molar-refractivity contribution in [3.63, 3.8) is 0 Å². The van der Waals surface area contributed by atoms with Crippen molar-refractivity contribution in [3.05, 3.63) is 41.4 Å². The van der Waals surface area contributed by atoms with Crippen molar-refractivity contribution in [2.75, 3.05) is 19.7 Å². The zero-order valence-corrected chi connectivity index (χ0v) is 14.9. The van der Waals surface area contributed by atoms with Crippen molar-refractivity contribution in [1.82, 2.24) is 19.7 Å². The average molecular weight is 361 g/mol. The molecule has 2 aromatic rings. The van der Waals surface area contributed by atoms with Crippen molar-refractivity contribution >= 4 is 17.5 Å². The van der Waals surface area contributed by atoms with E-state index in [1.807, 2.05) is 16.5 Å². The van der Waals surface area contributed by atoms with Gasteiger partial charge < -0.3 is 14.2 Å². The van der Waals surface area contributed by atoms with Crippen molar-refractivity contribution in [2.24, 2.45) is 12.5 Å². The monoisotopic (exact) mass is 360 g/mol. The van der Waals surface area contributed by atoms with Crippen LogP contribution in [-0.4, -0.2) is 45.3 Å². The van der Waals surface area contributed by atoms with E-state index in [9.17, 15) is 4.79 Å². The Morgan fingerprint density at radius 1 is 1.36 bits per heavy atom. The first-order chi connectivity index (χ1) is 12.1. The maximum absolute atomic E-state index is 12.6. The standard InChI is InChI=1S/C18H21ClN4O2/c1-22-12-20-21-17(22)15-9-23(11-18(15)7-2-8-18)16(24)10-25-14-5-3-13(19)4-6-14/h3-6,12,15H,2,7-11H2,1H3. The van der Waals surface area contributed by atoms with E-state index in [2.05, 4.69) is 10.2 Å². The van der Waals surface area contributed by atoms with Gasteiger partial charge in [0.1, 0.15) is 17.9 Å². The second-order valence-electron chi connectivity index (χ2n) is 7.09. The topological polar surface area (TPSA) is 60.2 Å². The minimum Gasteiger partial charge on any atom is -0.484 e. The number of aromatic nitrogens is 3. The zero-order valence-electron chi connectivity index (χ0n) is 14.2. The molecular weight excluding hydrogens is 340 g/mol. The Balaban J connectivity index is 1.43. The van der Waals surface area contributed by atoms with Crippen LogP contribution in [0.25, 0.3) is 0 Å². The molecule has 1 atom stereocenters. The Morgan fingerprint density at radius 3 is 2.72 bits per heavy atom. The van der Waals surface area contributed by atoms with Crippen LogP contribution in [0.2, 0.25) is 5.02 Å². The molecule has 1 aliphatic heterocycles. The lowest BCUT2D eigenvalue weighted by atomic mass is 9.62. The van der Waals surface area contributed by atoms with E-state index in [0.29, 0.717) is 17.3 Å². The van der Waals surface area contributed by atoms with Crippen molar-refractivity contribution < 1.29 is 9.53 Å². The molecule has 7 heteroatoms. The Hall–Kier alpha value is -2.08. The van der Waals surface area contributed by atoms with Crippen LogP contribution in [-0.2, 0) is 11.8 Å². The highest BCUT2D eigenvalue weighted by molar-refractivity contribution is 6.30. The van der Waals surface area contributed by atoms with Gasteiger partial charge in [0.05, 0.1) is 0 Å². The molecule has 1 aromatic carbocycles. The summed E-state index contributed by atoms with van der Waals surface area (Å²) >= 11 is 5.87. The number of likely N-dealkylation sites (tertiary alicyclic amines) is 1. The Bertz CT molecular complexity index is 770. The summed E-state index contributed by atoms with van der Waals surface area (Å²) in [4.78, 5) is 14.6. The largest absolute Gasteiger partial charge is 0.484 e. The van der Waals surface area contributed by atoms with Gasteiger partial charge >= 0.3 is 0 Å². The molecule has 1 aliphatic carbocycles. The molecule has 6 nitrogen and oxygen atoms in total. The number of hydrogen-bond acceptors (Lipinski definition) is 4. The Kier molecular flexibility index (Phi) is 4.15. The van der Waals surface area contributed by atoms with Gasteiger partial charge in [-0.05, 0) is 42.5 Å². The van der Waals surface area contributed by atoms with Gasteiger partial charge in [0.25, 0.3) is 5.91 Å². The number of nitrogens with zero attached hydrogens (tertiary/aromatic N) is 4. The lowest BCUT2D eigenvalue weighted by Gasteiger charge is -2.42. The number of ether oxygens (including phenoxy) is 1. The number of halogens is 1. The number of benzene rings is 1. The van der Waals surface area contributed by atoms with Crippen molar-refractivity contribution in [2.45, 2.75) is 25.2 Å². The number of carbonyl (C=O) groups excluding carboxylic acids is 1. The first-order valence-corrected chi connectivity index (χ1v) is 8.95. The maximum atomic E-state index is 12.6. The molecule has 1 saturated carbocycles. The van der Waals surface area contributed by atoms with E-state index in [1.54, 1.807) is 30.6 Å². The molecule has 4 rings (SSSR count). The summed E-state index contributed by atoms with van der Waals surface area (Å²) in [5.41, 5.74) is 0.163. The first kappa shape index (κ1) is 16.4. The second kappa shape index (κ2) is 6.33. The van der Waals surface area contributed by atoms with E-state index in [4.69, 9.17) is 16.3 Å². The summed E-state index contributed by atoms with van der Waals surface area (Å²) in [5, 5.41) is 8.97. The van der Waals surface area contributed by atoms with Crippen molar-refractivity contribution in [1.29, 1.82) is 0 Å². The van der Waals surface area contributed by atoms with Gasteiger partial charge in [-0.3, -0.25) is 4.79 Å². The molecule has 1 amide bonds. The number of amides is 1. The number of aryl methyl sites for hydroxylation is 1. The van der Waals surface area contributed by atoms with Gasteiger partial charge in [-0.2, -0.15) is 0 Å². The third-order valence-corrected chi connectivity index (χ3v) is 5.84. The number of rotatable bonds is 4. The highest BCUT2D eigenvalue weighted by atomic mass is 35.5. The number of hydrogen-bond donors (Lipinski definition) is 0. The second-order valence-corrected chi connectivity index (χ2v) is 7.52. The lowest BCUT2D eigenvalue weighted by Crippen LogP contribution is -2.39. The fourth-order valence-electron chi connectivity index (χ4n) is 4.03. The fraction of sp³-hybridized carbons (Fsp3) is 0.500. The predicted molar refractivity (Wildman–Crippen MR) is 93.6 cm³/mol. The highest BCUT2D eigenvalue weighted by Gasteiger charge is 2.53. The fourth-order valence-corrected chi connectivity index (χ4v) is 4.15. The molecule has 1 saturated heterocycles. The van der Waals surface area contributed by atoms with Crippen LogP contribution in [0.5, 0.6) is 5.75 Å². The third kappa shape index (κ3) is 2.99. The van der Waals surface area contributed by atoms with Crippen LogP contribution in [0.4, 0.5) is 0 Å². The SMILES string of the molecule is Cn1cnnc1C1CN(C(=O)COc2ccc(Cl)cc2)CC12CCC2. The van der Waals surface area contributed by atoms with Gasteiger partial charge in [0.2, 0.25) is 0 Å². The molecule has 2 heterocycles. The van der Waals surface area contributed by atoms with Crippen LogP contribution in [0.1, 0.15) is 31.0 Å².